The number of carbonyl (C=O) groups is 2. The van der Waals surface area contributed by atoms with Crippen molar-refractivity contribution in [2.75, 3.05) is 16.8 Å². The molecule has 1 fully saturated rings. The van der Waals surface area contributed by atoms with Crippen LogP contribution in [0.15, 0.2) is 45.8 Å². The Balaban J connectivity index is 1.72. The number of hydrogen-bond acceptors (Lipinski definition) is 3. The van der Waals surface area contributed by atoms with Gasteiger partial charge in [-0.25, -0.2) is 0 Å². The van der Waals surface area contributed by atoms with E-state index < -0.39 is 5.92 Å². The maximum absolute atomic E-state index is 12.4. The predicted octanol–water partition coefficient (Wildman–Crippen LogP) is 2.69. The predicted molar refractivity (Wildman–Crippen MR) is 99.7 cm³/mol. The van der Waals surface area contributed by atoms with Gasteiger partial charge >= 0.3 is 0 Å². The van der Waals surface area contributed by atoms with Gasteiger partial charge in [-0.3, -0.25) is 14.4 Å². The zero-order valence-electron chi connectivity index (χ0n) is 13.7. The lowest BCUT2D eigenvalue weighted by molar-refractivity contribution is -0.122. The molecule has 6 nitrogen and oxygen atoms in total. The molecule has 0 spiro atoms. The minimum Gasteiger partial charge on any atom is -0.326 e. The van der Waals surface area contributed by atoms with E-state index in [9.17, 15) is 14.4 Å². The van der Waals surface area contributed by atoms with Crippen LogP contribution in [-0.2, 0) is 16.0 Å². The van der Waals surface area contributed by atoms with Crippen molar-refractivity contribution in [1.29, 1.82) is 0 Å². The van der Waals surface area contributed by atoms with Crippen molar-refractivity contribution in [3.8, 4) is 0 Å². The molecule has 0 aliphatic carbocycles. The third-order valence-corrected chi connectivity index (χ3v) is 4.74. The second-order valence-corrected chi connectivity index (χ2v) is 6.89. The summed E-state index contributed by atoms with van der Waals surface area (Å²) in [6.07, 6.45) is 2.56. The second kappa shape index (κ2) is 7.23. The summed E-state index contributed by atoms with van der Waals surface area (Å²) < 4.78 is 0.655. The summed E-state index contributed by atoms with van der Waals surface area (Å²) in [5.41, 5.74) is 1.77. The highest BCUT2D eigenvalue weighted by Crippen LogP contribution is 2.26. The number of rotatable bonds is 4. The maximum Gasteiger partial charge on any atom is 0.271 e. The molecule has 1 aliphatic heterocycles. The number of amides is 2. The molecule has 3 rings (SSSR count). The summed E-state index contributed by atoms with van der Waals surface area (Å²) in [5.74, 6) is -0.908. The van der Waals surface area contributed by atoms with Crippen LogP contribution in [0.4, 0.5) is 11.4 Å². The molecule has 2 N–H and O–H groups in total. The Labute approximate surface area is 153 Å². The normalized spacial score (nSPS) is 17.0. The van der Waals surface area contributed by atoms with Gasteiger partial charge in [-0.2, -0.15) is 0 Å². The van der Waals surface area contributed by atoms with E-state index in [4.69, 9.17) is 0 Å². The highest BCUT2D eigenvalue weighted by Gasteiger charge is 2.35. The van der Waals surface area contributed by atoms with Crippen LogP contribution in [-0.4, -0.2) is 23.3 Å². The quantitative estimate of drug-likeness (QED) is 0.822. The summed E-state index contributed by atoms with van der Waals surface area (Å²) >= 11 is 3.25. The fourth-order valence-corrected chi connectivity index (χ4v) is 3.17. The first-order valence-corrected chi connectivity index (χ1v) is 8.85. The smallest absolute Gasteiger partial charge is 0.271 e. The third-order valence-electron chi connectivity index (χ3n) is 4.28. The van der Waals surface area contributed by atoms with Crippen molar-refractivity contribution in [3.05, 3.63) is 56.9 Å². The lowest BCUT2D eigenvalue weighted by Gasteiger charge is -2.17. The van der Waals surface area contributed by atoms with Crippen LogP contribution < -0.4 is 15.8 Å². The molecule has 1 aromatic heterocycles. The van der Waals surface area contributed by atoms with Crippen molar-refractivity contribution >= 4 is 39.1 Å². The molecule has 25 heavy (non-hydrogen) atoms. The maximum atomic E-state index is 12.4. The lowest BCUT2D eigenvalue weighted by Crippen LogP contribution is -2.29. The molecule has 0 bridgehead atoms. The van der Waals surface area contributed by atoms with E-state index in [0.29, 0.717) is 11.0 Å². The molecule has 1 saturated heterocycles. The molecule has 1 unspecified atom stereocenters. The van der Waals surface area contributed by atoms with Crippen molar-refractivity contribution < 1.29 is 9.59 Å². The van der Waals surface area contributed by atoms with Gasteiger partial charge in [0.25, 0.3) is 5.56 Å². The van der Waals surface area contributed by atoms with Crippen LogP contribution in [0.5, 0.6) is 0 Å². The first kappa shape index (κ1) is 17.4. The molecular formula is C18H18BrN3O3. The number of aryl methyl sites for hydroxylation is 1. The number of nitrogens with one attached hydrogen (secondary N) is 2. The highest BCUT2D eigenvalue weighted by atomic mass is 79.9. The average Bonchev–Trinajstić information content (AvgIpc) is 3.00. The fraction of sp³-hybridized carbons (Fsp3) is 0.278. The van der Waals surface area contributed by atoms with E-state index in [-0.39, 0.29) is 29.5 Å². The summed E-state index contributed by atoms with van der Waals surface area (Å²) in [4.78, 5) is 40.6. The van der Waals surface area contributed by atoms with E-state index in [1.165, 1.54) is 17.8 Å². The second-order valence-electron chi connectivity index (χ2n) is 5.98. The van der Waals surface area contributed by atoms with Gasteiger partial charge < -0.3 is 15.2 Å². The van der Waals surface area contributed by atoms with Gasteiger partial charge in [0.1, 0.15) is 5.69 Å². The van der Waals surface area contributed by atoms with E-state index in [0.717, 1.165) is 12.1 Å². The number of aromatic nitrogens is 1. The van der Waals surface area contributed by atoms with Gasteiger partial charge in [0.15, 0.2) is 0 Å². The van der Waals surface area contributed by atoms with Crippen molar-refractivity contribution in [3.63, 3.8) is 0 Å². The molecule has 1 aromatic carbocycles. The molecule has 0 saturated carbocycles. The molecule has 1 aliphatic rings. The number of hydrogen-bond donors (Lipinski definition) is 2. The molecule has 130 valence electrons. The number of H-pyrrole nitrogens is 1. The Bertz CT molecular complexity index is 861. The number of benzene rings is 1. The number of anilines is 2. The standard InChI is InChI=1S/C18H18BrN3O3/c1-2-11-3-5-14(6-4-11)22-10-12(7-16(22)23)17(24)21-15-8-13(19)9-20-18(15)25/h3-6,8-9,12H,2,7,10H2,1H3,(H,20,25)(H,21,24). The largest absolute Gasteiger partial charge is 0.326 e. The Hall–Kier alpha value is -2.41. The van der Waals surface area contributed by atoms with Gasteiger partial charge in [0.05, 0.1) is 5.92 Å². The van der Waals surface area contributed by atoms with E-state index in [1.807, 2.05) is 24.3 Å². The average molecular weight is 404 g/mol. The summed E-state index contributed by atoms with van der Waals surface area (Å²) in [5, 5.41) is 2.61. The van der Waals surface area contributed by atoms with Crippen LogP contribution in [0.2, 0.25) is 0 Å². The first-order valence-electron chi connectivity index (χ1n) is 8.06. The van der Waals surface area contributed by atoms with Crippen molar-refractivity contribution in [2.45, 2.75) is 19.8 Å². The Morgan fingerprint density at radius 3 is 2.72 bits per heavy atom. The SMILES string of the molecule is CCc1ccc(N2CC(C(=O)Nc3cc(Br)c[nH]c3=O)CC2=O)cc1. The number of nitrogens with zero attached hydrogens (tertiary/aromatic N) is 1. The first-order chi connectivity index (χ1) is 12.0. The third kappa shape index (κ3) is 3.82. The summed E-state index contributed by atoms with van der Waals surface area (Å²) in [7, 11) is 0. The van der Waals surface area contributed by atoms with Crippen LogP contribution >= 0.6 is 15.9 Å². The lowest BCUT2D eigenvalue weighted by atomic mass is 10.1. The monoisotopic (exact) mass is 403 g/mol. The molecular weight excluding hydrogens is 386 g/mol. The van der Waals surface area contributed by atoms with Crippen LogP contribution in [0.3, 0.4) is 0 Å². The number of carbonyl (C=O) groups excluding carboxylic acids is 2. The van der Waals surface area contributed by atoms with E-state index in [2.05, 4.69) is 33.2 Å². The van der Waals surface area contributed by atoms with Crippen molar-refractivity contribution in [1.82, 2.24) is 4.98 Å². The molecule has 1 atom stereocenters. The Kier molecular flexibility index (Phi) is 5.03. The molecule has 0 radical (unpaired) electrons. The zero-order chi connectivity index (χ0) is 18.0. The number of aromatic amines is 1. The number of pyridine rings is 1. The highest BCUT2D eigenvalue weighted by molar-refractivity contribution is 9.10. The van der Waals surface area contributed by atoms with Crippen LogP contribution in [0.1, 0.15) is 18.9 Å². The Morgan fingerprint density at radius 2 is 2.04 bits per heavy atom. The molecule has 7 heteroatoms. The van der Waals surface area contributed by atoms with Gasteiger partial charge in [-0.1, -0.05) is 19.1 Å². The van der Waals surface area contributed by atoms with Gasteiger partial charge in [-0.05, 0) is 46.1 Å². The zero-order valence-corrected chi connectivity index (χ0v) is 15.3. The topological polar surface area (TPSA) is 82.3 Å². The fourth-order valence-electron chi connectivity index (χ4n) is 2.83. The van der Waals surface area contributed by atoms with E-state index >= 15 is 0 Å². The molecule has 2 heterocycles. The van der Waals surface area contributed by atoms with Crippen LogP contribution in [0.25, 0.3) is 0 Å². The summed E-state index contributed by atoms with van der Waals surface area (Å²) in [6.45, 7) is 2.38. The van der Waals surface area contributed by atoms with Gasteiger partial charge in [-0.15, -0.1) is 0 Å². The molecule has 2 amide bonds. The minimum absolute atomic E-state index is 0.0902. The van der Waals surface area contributed by atoms with Crippen molar-refractivity contribution in [2.24, 2.45) is 5.92 Å². The van der Waals surface area contributed by atoms with E-state index in [1.54, 1.807) is 4.90 Å². The van der Waals surface area contributed by atoms with Gasteiger partial charge in [0, 0.05) is 29.3 Å². The Morgan fingerprint density at radius 1 is 1.32 bits per heavy atom. The van der Waals surface area contributed by atoms with Gasteiger partial charge in [0.2, 0.25) is 11.8 Å². The molecule has 2 aromatic rings. The number of halogens is 1. The van der Waals surface area contributed by atoms with Crippen LogP contribution in [0, 0.1) is 5.92 Å². The summed E-state index contributed by atoms with van der Waals surface area (Å²) in [6, 6.07) is 9.30. The minimum atomic E-state index is -0.489.